The normalized spacial score (nSPS) is 13.6. The van der Waals surface area contributed by atoms with Gasteiger partial charge in [0.05, 0.1) is 12.8 Å². The molecule has 134 valence electrons. The van der Waals surface area contributed by atoms with Gasteiger partial charge in [0.25, 0.3) is 0 Å². The van der Waals surface area contributed by atoms with Crippen molar-refractivity contribution in [2.24, 2.45) is 7.05 Å². The molecule has 1 aliphatic rings. The van der Waals surface area contributed by atoms with Gasteiger partial charge in [-0.05, 0) is 52.9 Å². The molecule has 7 nitrogen and oxygen atoms in total. The van der Waals surface area contributed by atoms with E-state index in [-0.39, 0.29) is 5.69 Å². The summed E-state index contributed by atoms with van der Waals surface area (Å²) in [6.45, 7) is 0.325. The standard InChI is InChI=1S/C19H20N4O3/c1-22-19(24)23(21-20-22)16-7-5-6-14(13-10-11-13)15(16)12-26-18-9-4-3-8-17(18)25-2/h3-9,13H,10-12H2,1-2H3. The van der Waals surface area contributed by atoms with E-state index >= 15 is 0 Å². The lowest BCUT2D eigenvalue weighted by Gasteiger charge is -2.16. The van der Waals surface area contributed by atoms with Gasteiger partial charge in [-0.15, -0.1) is 0 Å². The quantitative estimate of drug-likeness (QED) is 0.681. The van der Waals surface area contributed by atoms with Crippen molar-refractivity contribution in [2.75, 3.05) is 7.11 Å². The van der Waals surface area contributed by atoms with Crippen LogP contribution in [0.1, 0.15) is 29.9 Å². The molecular formula is C19H20N4O3. The summed E-state index contributed by atoms with van der Waals surface area (Å²) in [5.41, 5.74) is 2.59. The smallest absolute Gasteiger partial charge is 0.368 e. The van der Waals surface area contributed by atoms with Crippen molar-refractivity contribution in [1.29, 1.82) is 0 Å². The molecule has 0 aliphatic heterocycles. The molecule has 0 spiro atoms. The van der Waals surface area contributed by atoms with Gasteiger partial charge in [0.15, 0.2) is 11.5 Å². The maximum absolute atomic E-state index is 12.3. The number of nitrogens with zero attached hydrogens (tertiary/aromatic N) is 4. The molecule has 26 heavy (non-hydrogen) atoms. The summed E-state index contributed by atoms with van der Waals surface area (Å²) in [7, 11) is 3.20. The minimum atomic E-state index is -0.281. The fraction of sp³-hybridized carbons (Fsp3) is 0.316. The van der Waals surface area contributed by atoms with Crippen molar-refractivity contribution >= 4 is 0 Å². The van der Waals surface area contributed by atoms with Crippen LogP contribution in [0.5, 0.6) is 11.5 Å². The highest BCUT2D eigenvalue weighted by Gasteiger charge is 2.28. The zero-order valence-electron chi connectivity index (χ0n) is 14.8. The van der Waals surface area contributed by atoms with E-state index in [2.05, 4.69) is 16.5 Å². The highest BCUT2D eigenvalue weighted by molar-refractivity contribution is 5.48. The van der Waals surface area contributed by atoms with E-state index in [0.29, 0.717) is 29.7 Å². The number of hydrogen-bond acceptors (Lipinski definition) is 5. The molecule has 7 heteroatoms. The number of para-hydroxylation sites is 2. The summed E-state index contributed by atoms with van der Waals surface area (Å²) >= 11 is 0. The number of tetrazole rings is 1. The van der Waals surface area contributed by atoms with Gasteiger partial charge < -0.3 is 9.47 Å². The Kier molecular flexibility index (Phi) is 4.20. The topological polar surface area (TPSA) is 71.2 Å². The lowest BCUT2D eigenvalue weighted by atomic mass is 10.0. The second-order valence-electron chi connectivity index (χ2n) is 6.36. The Morgan fingerprint density at radius 3 is 2.50 bits per heavy atom. The molecule has 0 amide bonds. The molecule has 0 unspecified atom stereocenters. The molecule has 1 fully saturated rings. The maximum Gasteiger partial charge on any atom is 0.368 e. The van der Waals surface area contributed by atoms with E-state index in [1.54, 1.807) is 14.2 Å². The largest absolute Gasteiger partial charge is 0.493 e. The van der Waals surface area contributed by atoms with Crippen molar-refractivity contribution in [2.45, 2.75) is 25.4 Å². The van der Waals surface area contributed by atoms with E-state index in [9.17, 15) is 4.79 Å². The molecule has 0 radical (unpaired) electrons. The molecule has 0 N–H and O–H groups in total. The molecule has 4 rings (SSSR count). The summed E-state index contributed by atoms with van der Waals surface area (Å²) < 4.78 is 13.9. The van der Waals surface area contributed by atoms with Crippen molar-refractivity contribution in [1.82, 2.24) is 19.8 Å². The second kappa shape index (κ2) is 6.67. The van der Waals surface area contributed by atoms with Crippen LogP contribution in [0.15, 0.2) is 47.3 Å². The van der Waals surface area contributed by atoms with Gasteiger partial charge in [-0.2, -0.15) is 9.36 Å². The van der Waals surface area contributed by atoms with Crippen molar-refractivity contribution in [3.63, 3.8) is 0 Å². The van der Waals surface area contributed by atoms with Crippen LogP contribution in [0.25, 0.3) is 5.69 Å². The van der Waals surface area contributed by atoms with E-state index in [0.717, 1.165) is 18.4 Å². The number of aryl methyl sites for hydroxylation is 1. The van der Waals surface area contributed by atoms with Gasteiger partial charge in [0.2, 0.25) is 0 Å². The summed E-state index contributed by atoms with van der Waals surface area (Å²) in [6, 6.07) is 13.5. The molecule has 0 atom stereocenters. The van der Waals surface area contributed by atoms with E-state index < -0.39 is 0 Å². The minimum absolute atomic E-state index is 0.281. The van der Waals surface area contributed by atoms with Crippen LogP contribution in [0.3, 0.4) is 0 Å². The van der Waals surface area contributed by atoms with E-state index in [1.807, 2.05) is 36.4 Å². The average Bonchev–Trinajstić information content (AvgIpc) is 3.46. The fourth-order valence-corrected chi connectivity index (χ4v) is 3.08. The third-order valence-electron chi connectivity index (χ3n) is 4.60. The summed E-state index contributed by atoms with van der Waals surface area (Å²) in [5.74, 6) is 1.85. The van der Waals surface area contributed by atoms with E-state index in [1.165, 1.54) is 14.9 Å². The van der Waals surface area contributed by atoms with Gasteiger partial charge in [0.1, 0.15) is 6.61 Å². The third-order valence-corrected chi connectivity index (χ3v) is 4.60. The molecule has 0 saturated heterocycles. The third kappa shape index (κ3) is 2.96. The number of aromatic nitrogens is 4. The van der Waals surface area contributed by atoms with Crippen LogP contribution in [-0.4, -0.2) is 26.9 Å². The predicted octanol–water partition coefficient (Wildman–Crippen LogP) is 2.43. The fourth-order valence-electron chi connectivity index (χ4n) is 3.08. The van der Waals surface area contributed by atoms with Gasteiger partial charge in [-0.3, -0.25) is 0 Å². The van der Waals surface area contributed by atoms with Gasteiger partial charge in [-0.25, -0.2) is 4.79 Å². The molecule has 1 heterocycles. The maximum atomic E-state index is 12.3. The number of ether oxygens (including phenoxy) is 2. The van der Waals surface area contributed by atoms with Crippen LogP contribution >= 0.6 is 0 Å². The highest BCUT2D eigenvalue weighted by atomic mass is 16.5. The Bertz CT molecular complexity index is 988. The molecule has 1 aliphatic carbocycles. The predicted molar refractivity (Wildman–Crippen MR) is 95.9 cm³/mol. The lowest BCUT2D eigenvalue weighted by molar-refractivity contribution is 0.283. The lowest BCUT2D eigenvalue weighted by Crippen LogP contribution is -2.23. The Morgan fingerprint density at radius 1 is 1.08 bits per heavy atom. The van der Waals surface area contributed by atoms with Crippen LogP contribution in [0, 0.1) is 0 Å². The van der Waals surface area contributed by atoms with Crippen LogP contribution in [0.2, 0.25) is 0 Å². The molecule has 1 saturated carbocycles. The van der Waals surface area contributed by atoms with Crippen LogP contribution in [-0.2, 0) is 13.7 Å². The number of benzene rings is 2. The van der Waals surface area contributed by atoms with Crippen molar-refractivity contribution < 1.29 is 9.47 Å². The summed E-state index contributed by atoms with van der Waals surface area (Å²) in [4.78, 5) is 12.3. The SMILES string of the molecule is COc1ccccc1OCc1c(C2CC2)cccc1-n1nnn(C)c1=O. The molecule has 3 aromatic rings. The zero-order valence-corrected chi connectivity index (χ0v) is 14.8. The summed E-state index contributed by atoms with van der Waals surface area (Å²) in [6.07, 6.45) is 2.31. The molecule has 0 bridgehead atoms. The minimum Gasteiger partial charge on any atom is -0.493 e. The van der Waals surface area contributed by atoms with Gasteiger partial charge >= 0.3 is 5.69 Å². The van der Waals surface area contributed by atoms with Crippen LogP contribution in [0.4, 0.5) is 0 Å². The number of rotatable bonds is 6. The van der Waals surface area contributed by atoms with Gasteiger partial charge in [-0.1, -0.05) is 24.3 Å². The number of hydrogen-bond donors (Lipinski definition) is 0. The average molecular weight is 352 g/mol. The monoisotopic (exact) mass is 352 g/mol. The molecule has 1 aromatic heterocycles. The molecular weight excluding hydrogens is 332 g/mol. The Morgan fingerprint density at radius 2 is 1.85 bits per heavy atom. The van der Waals surface area contributed by atoms with Crippen molar-refractivity contribution in [3.05, 3.63) is 64.1 Å². The first-order valence-corrected chi connectivity index (χ1v) is 8.56. The first-order valence-electron chi connectivity index (χ1n) is 8.56. The number of methoxy groups -OCH3 is 1. The first kappa shape index (κ1) is 16.4. The highest BCUT2D eigenvalue weighted by Crippen LogP contribution is 2.43. The second-order valence-corrected chi connectivity index (χ2v) is 6.36. The van der Waals surface area contributed by atoms with E-state index in [4.69, 9.17) is 9.47 Å². The molecule has 2 aromatic carbocycles. The first-order chi connectivity index (χ1) is 12.7. The summed E-state index contributed by atoms with van der Waals surface area (Å²) in [5, 5.41) is 7.82. The zero-order chi connectivity index (χ0) is 18.1. The van der Waals surface area contributed by atoms with Crippen molar-refractivity contribution in [3.8, 4) is 17.2 Å². The Labute approximate surface area is 150 Å². The Balaban J connectivity index is 1.74. The van der Waals surface area contributed by atoms with Gasteiger partial charge in [0, 0.05) is 12.6 Å². The van der Waals surface area contributed by atoms with Crippen LogP contribution < -0.4 is 15.2 Å². The Hall–Kier alpha value is -3.09.